The van der Waals surface area contributed by atoms with Crippen molar-refractivity contribution in [1.82, 2.24) is 0 Å². The van der Waals surface area contributed by atoms with Crippen molar-refractivity contribution in [1.29, 1.82) is 0 Å². The van der Waals surface area contributed by atoms with E-state index in [2.05, 4.69) is 5.32 Å². The Hall–Kier alpha value is -1.97. The monoisotopic (exact) mass is 317 g/mol. The first-order chi connectivity index (χ1) is 10.1. The van der Waals surface area contributed by atoms with Crippen LogP contribution in [0.4, 0.5) is 5.69 Å². The van der Waals surface area contributed by atoms with Crippen molar-refractivity contribution in [2.24, 2.45) is 0 Å². The van der Waals surface area contributed by atoms with Gasteiger partial charge in [-0.15, -0.1) is 0 Å². The molecular weight excluding hydrogens is 309 g/mol. The lowest BCUT2D eigenvalue weighted by atomic mass is 9.92. The van der Waals surface area contributed by atoms with Crippen LogP contribution >= 0.6 is 23.2 Å². The highest BCUT2D eigenvalue weighted by atomic mass is 35.5. The molecule has 1 aromatic heterocycles. The second-order valence-electron chi connectivity index (χ2n) is 4.99. The lowest BCUT2D eigenvalue weighted by molar-refractivity contribution is -0.116. The minimum Gasteiger partial charge on any atom is -0.464 e. The number of carbonyl (C=O) groups is 1. The fourth-order valence-corrected chi connectivity index (χ4v) is 3.40. The Labute approximate surface area is 130 Å². The molecule has 0 aliphatic carbocycles. The van der Waals surface area contributed by atoms with Crippen molar-refractivity contribution in [3.8, 4) is 0 Å². The van der Waals surface area contributed by atoms with Crippen molar-refractivity contribution >= 4 is 45.8 Å². The van der Waals surface area contributed by atoms with Crippen LogP contribution in [0.2, 0.25) is 10.0 Å². The standard InChI is InChI=1S/C16H9Cl2NO2/c17-10-6-11(18)15-12(7-10)19-16(20)14(15)9-1-2-13-8(5-9)3-4-21-13/h1-7,14H,(H,19,20). The summed E-state index contributed by atoms with van der Waals surface area (Å²) in [6.07, 6.45) is 1.63. The predicted octanol–water partition coefficient (Wildman–Crippen LogP) is 4.82. The predicted molar refractivity (Wildman–Crippen MR) is 83.1 cm³/mol. The van der Waals surface area contributed by atoms with Crippen LogP contribution in [0.25, 0.3) is 11.0 Å². The number of anilines is 1. The van der Waals surface area contributed by atoms with Crippen molar-refractivity contribution in [3.05, 3.63) is 63.8 Å². The summed E-state index contributed by atoms with van der Waals surface area (Å²) in [6.45, 7) is 0. The molecule has 2 heterocycles. The van der Waals surface area contributed by atoms with Crippen molar-refractivity contribution in [2.45, 2.75) is 5.92 Å². The zero-order chi connectivity index (χ0) is 14.6. The Morgan fingerprint density at radius 1 is 1.10 bits per heavy atom. The molecule has 104 valence electrons. The van der Waals surface area contributed by atoms with Gasteiger partial charge in [0.25, 0.3) is 0 Å². The van der Waals surface area contributed by atoms with Gasteiger partial charge in [-0.05, 0) is 35.9 Å². The highest BCUT2D eigenvalue weighted by molar-refractivity contribution is 6.36. The third-order valence-electron chi connectivity index (χ3n) is 3.71. The number of hydrogen-bond acceptors (Lipinski definition) is 2. The lowest BCUT2D eigenvalue weighted by Crippen LogP contribution is -2.13. The number of amides is 1. The number of carbonyl (C=O) groups excluding carboxylic acids is 1. The van der Waals surface area contributed by atoms with Gasteiger partial charge < -0.3 is 9.73 Å². The molecule has 0 saturated carbocycles. The summed E-state index contributed by atoms with van der Waals surface area (Å²) in [7, 11) is 0. The van der Waals surface area contributed by atoms with E-state index in [-0.39, 0.29) is 5.91 Å². The number of rotatable bonds is 1. The van der Waals surface area contributed by atoms with Crippen LogP contribution in [0.15, 0.2) is 47.1 Å². The van der Waals surface area contributed by atoms with Crippen molar-refractivity contribution < 1.29 is 9.21 Å². The maximum atomic E-state index is 12.3. The van der Waals surface area contributed by atoms with Gasteiger partial charge in [0.05, 0.1) is 12.2 Å². The van der Waals surface area contributed by atoms with E-state index in [4.69, 9.17) is 27.6 Å². The van der Waals surface area contributed by atoms with Crippen LogP contribution in [0.3, 0.4) is 0 Å². The molecule has 1 N–H and O–H groups in total. The Bertz CT molecular complexity index is 885. The molecule has 0 spiro atoms. The molecule has 5 heteroatoms. The maximum Gasteiger partial charge on any atom is 0.236 e. The van der Waals surface area contributed by atoms with Gasteiger partial charge in [-0.1, -0.05) is 29.3 Å². The minimum absolute atomic E-state index is 0.1000. The van der Waals surface area contributed by atoms with Crippen LogP contribution < -0.4 is 5.32 Å². The van der Waals surface area contributed by atoms with Crippen LogP contribution in [0, 0.1) is 0 Å². The molecule has 1 atom stereocenters. The van der Waals surface area contributed by atoms with Crippen LogP contribution in [-0.4, -0.2) is 5.91 Å². The van der Waals surface area contributed by atoms with Gasteiger partial charge in [0.1, 0.15) is 5.58 Å². The average molecular weight is 318 g/mol. The Balaban J connectivity index is 1.91. The lowest BCUT2D eigenvalue weighted by Gasteiger charge is -2.11. The molecule has 0 fully saturated rings. The Morgan fingerprint density at radius 2 is 1.95 bits per heavy atom. The maximum absolute atomic E-state index is 12.3. The molecule has 2 aromatic carbocycles. The van der Waals surface area contributed by atoms with E-state index in [0.717, 1.165) is 22.1 Å². The van der Waals surface area contributed by atoms with E-state index < -0.39 is 5.92 Å². The quantitative estimate of drug-likeness (QED) is 0.699. The van der Waals surface area contributed by atoms with E-state index in [1.54, 1.807) is 18.4 Å². The second kappa shape index (κ2) is 4.52. The third-order valence-corrected chi connectivity index (χ3v) is 4.24. The molecule has 0 saturated heterocycles. The average Bonchev–Trinajstić information content (AvgIpc) is 3.01. The number of nitrogens with one attached hydrogen (secondary N) is 1. The molecule has 1 amide bonds. The SMILES string of the molecule is O=C1Nc2cc(Cl)cc(Cl)c2C1c1ccc2occc2c1. The van der Waals surface area contributed by atoms with Gasteiger partial charge in [-0.3, -0.25) is 4.79 Å². The van der Waals surface area contributed by atoms with Crippen LogP contribution in [0.5, 0.6) is 0 Å². The molecule has 1 aliphatic heterocycles. The molecule has 0 radical (unpaired) electrons. The first-order valence-corrected chi connectivity index (χ1v) is 7.16. The number of fused-ring (bicyclic) bond motifs is 2. The van der Waals surface area contributed by atoms with Gasteiger partial charge in [-0.25, -0.2) is 0 Å². The summed E-state index contributed by atoms with van der Waals surface area (Å²) >= 11 is 12.3. The third kappa shape index (κ3) is 1.93. The Morgan fingerprint density at radius 3 is 2.81 bits per heavy atom. The summed E-state index contributed by atoms with van der Waals surface area (Å²) < 4.78 is 5.33. The van der Waals surface area contributed by atoms with Gasteiger partial charge in [0.2, 0.25) is 5.91 Å². The molecule has 0 bridgehead atoms. The minimum atomic E-state index is -0.427. The first-order valence-electron chi connectivity index (χ1n) is 6.40. The molecule has 1 unspecified atom stereocenters. The highest BCUT2D eigenvalue weighted by Crippen LogP contribution is 2.43. The van der Waals surface area contributed by atoms with Crippen molar-refractivity contribution in [3.63, 3.8) is 0 Å². The fourth-order valence-electron chi connectivity index (χ4n) is 2.80. The molecule has 1 aliphatic rings. The van der Waals surface area contributed by atoms with Crippen molar-refractivity contribution in [2.75, 3.05) is 5.32 Å². The van der Waals surface area contributed by atoms with Gasteiger partial charge >= 0.3 is 0 Å². The number of halogens is 2. The van der Waals surface area contributed by atoms with Crippen LogP contribution in [0.1, 0.15) is 17.0 Å². The zero-order valence-electron chi connectivity index (χ0n) is 10.7. The van der Waals surface area contributed by atoms with Crippen LogP contribution in [-0.2, 0) is 4.79 Å². The first kappa shape index (κ1) is 12.7. The number of furan rings is 1. The smallest absolute Gasteiger partial charge is 0.236 e. The summed E-state index contributed by atoms with van der Waals surface area (Å²) in [6, 6.07) is 10.9. The van der Waals surface area contributed by atoms with E-state index in [9.17, 15) is 4.79 Å². The molecular formula is C16H9Cl2NO2. The molecule has 4 rings (SSSR count). The summed E-state index contributed by atoms with van der Waals surface area (Å²) in [5.74, 6) is -0.527. The van der Waals surface area contributed by atoms with Gasteiger partial charge in [0.15, 0.2) is 0 Å². The van der Waals surface area contributed by atoms with E-state index in [1.165, 1.54) is 0 Å². The van der Waals surface area contributed by atoms with E-state index in [0.29, 0.717) is 15.7 Å². The molecule has 3 aromatic rings. The summed E-state index contributed by atoms with van der Waals surface area (Å²) in [5, 5.41) is 4.79. The molecule has 3 nitrogen and oxygen atoms in total. The van der Waals surface area contributed by atoms with Gasteiger partial charge in [0, 0.05) is 26.7 Å². The number of benzene rings is 2. The Kier molecular flexibility index (Phi) is 2.74. The van der Waals surface area contributed by atoms with E-state index >= 15 is 0 Å². The zero-order valence-corrected chi connectivity index (χ0v) is 12.2. The van der Waals surface area contributed by atoms with Gasteiger partial charge in [-0.2, -0.15) is 0 Å². The topological polar surface area (TPSA) is 42.2 Å². The largest absolute Gasteiger partial charge is 0.464 e. The molecule has 21 heavy (non-hydrogen) atoms. The summed E-state index contributed by atoms with van der Waals surface area (Å²) in [5.41, 5.74) is 3.12. The van der Waals surface area contributed by atoms with E-state index in [1.807, 2.05) is 24.3 Å². The highest BCUT2D eigenvalue weighted by Gasteiger charge is 2.34. The fraction of sp³-hybridized carbons (Fsp3) is 0.0625. The normalized spacial score (nSPS) is 17.0. The number of hydrogen-bond donors (Lipinski definition) is 1. The summed E-state index contributed by atoms with van der Waals surface area (Å²) in [4.78, 5) is 12.3. The second-order valence-corrected chi connectivity index (χ2v) is 5.83.